The topological polar surface area (TPSA) is 18.5 Å². The lowest BCUT2D eigenvalue weighted by atomic mass is 9.68. The molecule has 252 valence electrons. The second-order valence-electron chi connectivity index (χ2n) is 14.9. The summed E-state index contributed by atoms with van der Waals surface area (Å²) in [6.07, 6.45) is 28.9. The van der Waals surface area contributed by atoms with E-state index in [1.54, 1.807) is 7.11 Å². The fraction of sp³-hybridized carbons (Fsp3) is 0.721. The van der Waals surface area contributed by atoms with Crippen molar-refractivity contribution in [1.29, 1.82) is 0 Å². The van der Waals surface area contributed by atoms with E-state index in [2.05, 4.69) is 62.4 Å². The number of unbranched alkanes of at least 4 members (excludes halogenated alkanes) is 4. The first-order valence-corrected chi connectivity index (χ1v) is 19.5. The molecule has 0 radical (unpaired) electrons. The molecular weight excluding hydrogens is 548 g/mol. The van der Waals surface area contributed by atoms with Crippen molar-refractivity contribution in [1.82, 2.24) is 0 Å². The Morgan fingerprint density at radius 3 is 1.31 bits per heavy atom. The third kappa shape index (κ3) is 12.0. The summed E-state index contributed by atoms with van der Waals surface area (Å²) in [5.74, 6) is 7.67. The molecule has 3 aliphatic rings. The lowest BCUT2D eigenvalue weighted by Crippen LogP contribution is -2.25. The predicted molar refractivity (Wildman–Crippen MR) is 194 cm³/mol. The van der Waals surface area contributed by atoms with Gasteiger partial charge in [-0.25, -0.2) is 0 Å². The molecule has 0 atom stereocenters. The first-order chi connectivity index (χ1) is 22.1. The zero-order valence-corrected chi connectivity index (χ0v) is 29.7. The summed E-state index contributed by atoms with van der Waals surface area (Å²) in [5.41, 5.74) is 3.04. The second-order valence-corrected chi connectivity index (χ2v) is 14.9. The van der Waals surface area contributed by atoms with Crippen LogP contribution in [0.3, 0.4) is 0 Å². The summed E-state index contributed by atoms with van der Waals surface area (Å²) in [7, 11) is 1.75. The number of rotatable bonds is 14. The maximum atomic E-state index is 5.52. The monoisotopic (exact) mass is 617 g/mol. The molecule has 5 rings (SSSR count). The summed E-state index contributed by atoms with van der Waals surface area (Å²) >= 11 is 0. The molecule has 3 aliphatic carbocycles. The highest BCUT2D eigenvalue weighted by Crippen LogP contribution is 2.45. The summed E-state index contributed by atoms with van der Waals surface area (Å²) in [6.45, 7) is 7.40. The first-order valence-electron chi connectivity index (χ1n) is 19.5. The van der Waals surface area contributed by atoms with Gasteiger partial charge in [0.15, 0.2) is 0 Å². The van der Waals surface area contributed by atoms with Gasteiger partial charge < -0.3 is 9.47 Å². The fourth-order valence-electron chi connectivity index (χ4n) is 8.90. The number of hydrogen-bond donors (Lipinski definition) is 0. The van der Waals surface area contributed by atoms with Gasteiger partial charge in [-0.05, 0) is 142 Å². The van der Waals surface area contributed by atoms with Gasteiger partial charge in [0.2, 0.25) is 0 Å². The lowest BCUT2D eigenvalue weighted by Gasteiger charge is -2.38. The van der Waals surface area contributed by atoms with Crippen LogP contribution < -0.4 is 9.47 Å². The van der Waals surface area contributed by atoms with Crippen LogP contribution in [0.2, 0.25) is 0 Å². The van der Waals surface area contributed by atoms with Gasteiger partial charge in [0.25, 0.3) is 0 Å². The minimum atomic E-state index is 0.752. The maximum Gasteiger partial charge on any atom is 0.119 e. The average Bonchev–Trinajstić information content (AvgIpc) is 3.10. The van der Waals surface area contributed by atoms with Crippen molar-refractivity contribution >= 4 is 0 Å². The van der Waals surface area contributed by atoms with E-state index in [9.17, 15) is 0 Å². The van der Waals surface area contributed by atoms with E-state index in [0.717, 1.165) is 53.6 Å². The Kier molecular flexibility index (Phi) is 16.2. The van der Waals surface area contributed by atoms with E-state index in [-0.39, 0.29) is 0 Å². The molecule has 3 fully saturated rings. The molecule has 2 nitrogen and oxygen atoms in total. The van der Waals surface area contributed by atoms with Crippen molar-refractivity contribution in [3.63, 3.8) is 0 Å². The third-order valence-corrected chi connectivity index (χ3v) is 11.9. The quantitative estimate of drug-likeness (QED) is 0.197. The molecule has 0 aliphatic heterocycles. The smallest absolute Gasteiger partial charge is 0.119 e. The molecule has 2 heteroatoms. The summed E-state index contributed by atoms with van der Waals surface area (Å²) < 4.78 is 10.8. The minimum absolute atomic E-state index is 0.752. The largest absolute Gasteiger partial charge is 0.497 e. The molecule has 0 heterocycles. The standard InChI is InChI=1S/C24H38O.C19H30O/c1-3-4-5-6-19-7-9-20(10-8-19)21-11-13-22(14-12-21)23-15-17-24(25-2)18-16-23;1-3-5-6-7-16-8-10-17(11-9-16)18-12-14-19(15-13-18)20-4-2/h15-22H,3-14H2,1-2H3;12-17H,3-11H2,1-2H3. The van der Waals surface area contributed by atoms with Crippen molar-refractivity contribution in [2.24, 2.45) is 23.7 Å². The van der Waals surface area contributed by atoms with E-state index in [0.29, 0.717) is 0 Å². The molecule has 0 N–H and O–H groups in total. The van der Waals surface area contributed by atoms with Crippen molar-refractivity contribution < 1.29 is 9.47 Å². The van der Waals surface area contributed by atoms with Crippen LogP contribution in [0.4, 0.5) is 0 Å². The maximum absolute atomic E-state index is 5.52. The van der Waals surface area contributed by atoms with Crippen LogP contribution in [0, 0.1) is 23.7 Å². The van der Waals surface area contributed by atoms with Crippen LogP contribution >= 0.6 is 0 Å². The highest BCUT2D eigenvalue weighted by Gasteiger charge is 2.31. The lowest BCUT2D eigenvalue weighted by molar-refractivity contribution is 0.155. The molecule has 0 unspecified atom stereocenters. The van der Waals surface area contributed by atoms with E-state index in [4.69, 9.17) is 9.47 Å². The van der Waals surface area contributed by atoms with Crippen LogP contribution in [-0.4, -0.2) is 13.7 Å². The van der Waals surface area contributed by atoms with Gasteiger partial charge in [-0.3, -0.25) is 0 Å². The van der Waals surface area contributed by atoms with Gasteiger partial charge >= 0.3 is 0 Å². The highest BCUT2D eigenvalue weighted by atomic mass is 16.5. The van der Waals surface area contributed by atoms with Crippen LogP contribution in [0.25, 0.3) is 0 Å². The molecule has 3 saturated carbocycles. The normalized spacial score (nSPS) is 26.8. The van der Waals surface area contributed by atoms with Crippen LogP contribution in [0.5, 0.6) is 11.5 Å². The highest BCUT2D eigenvalue weighted by molar-refractivity contribution is 5.30. The molecule has 0 spiro atoms. The second kappa shape index (κ2) is 20.3. The molecule has 0 bridgehead atoms. The average molecular weight is 617 g/mol. The van der Waals surface area contributed by atoms with Gasteiger partial charge in [-0.2, -0.15) is 0 Å². The number of ether oxygens (including phenoxy) is 2. The molecule has 0 saturated heterocycles. The van der Waals surface area contributed by atoms with E-state index in [1.807, 2.05) is 6.92 Å². The summed E-state index contributed by atoms with van der Waals surface area (Å²) in [4.78, 5) is 0. The van der Waals surface area contributed by atoms with E-state index < -0.39 is 0 Å². The zero-order chi connectivity index (χ0) is 31.7. The van der Waals surface area contributed by atoms with Gasteiger partial charge in [-0.1, -0.05) is 102 Å². The Hall–Kier alpha value is -1.96. The Morgan fingerprint density at radius 1 is 0.489 bits per heavy atom. The molecule has 45 heavy (non-hydrogen) atoms. The summed E-state index contributed by atoms with van der Waals surface area (Å²) in [6, 6.07) is 17.6. The summed E-state index contributed by atoms with van der Waals surface area (Å²) in [5, 5.41) is 0. The molecule has 2 aromatic rings. The van der Waals surface area contributed by atoms with Crippen molar-refractivity contribution in [2.75, 3.05) is 13.7 Å². The zero-order valence-electron chi connectivity index (χ0n) is 29.7. The van der Waals surface area contributed by atoms with Gasteiger partial charge in [-0.15, -0.1) is 0 Å². The van der Waals surface area contributed by atoms with Crippen LogP contribution in [-0.2, 0) is 0 Å². The number of methoxy groups -OCH3 is 1. The fourth-order valence-corrected chi connectivity index (χ4v) is 8.90. The van der Waals surface area contributed by atoms with E-state index >= 15 is 0 Å². The van der Waals surface area contributed by atoms with Gasteiger partial charge in [0, 0.05) is 0 Å². The Bertz CT molecular complexity index is 1000. The Labute approximate surface area is 278 Å². The predicted octanol–water partition coefficient (Wildman–Crippen LogP) is 13.3. The third-order valence-electron chi connectivity index (χ3n) is 11.9. The Morgan fingerprint density at radius 2 is 0.889 bits per heavy atom. The Balaban J connectivity index is 0.000000210. The molecule has 2 aromatic carbocycles. The van der Waals surface area contributed by atoms with Gasteiger partial charge in [0.05, 0.1) is 13.7 Å². The van der Waals surface area contributed by atoms with Crippen molar-refractivity contribution in [2.45, 2.75) is 161 Å². The minimum Gasteiger partial charge on any atom is -0.497 e. The first kappa shape index (κ1) is 35.9. The molecule has 0 amide bonds. The van der Waals surface area contributed by atoms with Crippen LogP contribution in [0.15, 0.2) is 48.5 Å². The van der Waals surface area contributed by atoms with Crippen molar-refractivity contribution in [3.8, 4) is 11.5 Å². The number of hydrogen-bond acceptors (Lipinski definition) is 2. The molecule has 0 aromatic heterocycles. The van der Waals surface area contributed by atoms with Crippen molar-refractivity contribution in [3.05, 3.63) is 59.7 Å². The van der Waals surface area contributed by atoms with Crippen LogP contribution in [0.1, 0.15) is 172 Å². The van der Waals surface area contributed by atoms with E-state index in [1.165, 1.54) is 140 Å². The van der Waals surface area contributed by atoms with Gasteiger partial charge in [0.1, 0.15) is 11.5 Å². The SMILES string of the molecule is CCCCCC1CCC(C2CCC(c3ccc(OC)cc3)CC2)CC1.CCCCCC1CCC(c2ccc(OCC)cc2)CC1. The molecular formula is C43H68O2. The number of benzene rings is 2.